The third-order valence-corrected chi connectivity index (χ3v) is 4.46. The summed E-state index contributed by atoms with van der Waals surface area (Å²) < 4.78 is 6.02. The Morgan fingerprint density at radius 1 is 1.00 bits per heavy atom. The molecule has 24 heavy (non-hydrogen) atoms. The first-order valence-electron chi connectivity index (χ1n) is 8.40. The molecule has 0 spiro atoms. The molecule has 2 aromatic carbocycles. The molecule has 0 fully saturated rings. The van der Waals surface area contributed by atoms with Crippen LogP contribution < -0.4 is 4.74 Å². The van der Waals surface area contributed by atoms with Crippen LogP contribution in [0.5, 0.6) is 5.75 Å². The summed E-state index contributed by atoms with van der Waals surface area (Å²) in [6.45, 7) is 3.89. The highest BCUT2D eigenvalue weighted by molar-refractivity contribution is 5.66. The van der Waals surface area contributed by atoms with E-state index in [0.717, 1.165) is 49.7 Å². The van der Waals surface area contributed by atoms with Gasteiger partial charge in [0.1, 0.15) is 5.75 Å². The molecular weight excluding hydrogens is 298 g/mol. The molecule has 0 bridgehead atoms. The fraction of sp³-hybridized carbons (Fsp3) is 0.250. The lowest BCUT2D eigenvalue weighted by molar-refractivity contribution is 0.238. The van der Waals surface area contributed by atoms with Gasteiger partial charge in [-0.1, -0.05) is 36.4 Å². The lowest BCUT2D eigenvalue weighted by Gasteiger charge is -2.15. The summed E-state index contributed by atoms with van der Waals surface area (Å²) in [6.07, 6.45) is 4.53. The highest BCUT2D eigenvalue weighted by Gasteiger charge is 2.17. The maximum Gasteiger partial charge on any atom is 0.128 e. The van der Waals surface area contributed by atoms with Crippen molar-refractivity contribution in [1.29, 1.82) is 0 Å². The monoisotopic (exact) mass is 319 g/mol. The van der Waals surface area contributed by atoms with Crippen LogP contribution >= 0.6 is 0 Å². The number of benzene rings is 2. The SMILES string of the molecule is c1ccc2c(c1)CN(CCCOc1ccccc1-c1cnc[nH]1)C2. The summed E-state index contributed by atoms with van der Waals surface area (Å²) in [7, 11) is 0. The molecule has 0 aliphatic carbocycles. The zero-order valence-electron chi connectivity index (χ0n) is 13.6. The molecule has 1 aliphatic rings. The Balaban J connectivity index is 1.30. The van der Waals surface area contributed by atoms with Gasteiger partial charge in [-0.3, -0.25) is 4.90 Å². The summed E-state index contributed by atoms with van der Waals surface area (Å²) in [5.74, 6) is 0.909. The van der Waals surface area contributed by atoms with E-state index in [1.165, 1.54) is 11.1 Å². The predicted octanol–water partition coefficient (Wildman–Crippen LogP) is 3.86. The van der Waals surface area contributed by atoms with Crippen molar-refractivity contribution in [3.8, 4) is 17.0 Å². The second kappa shape index (κ2) is 6.89. The molecule has 4 nitrogen and oxygen atoms in total. The lowest BCUT2D eigenvalue weighted by Crippen LogP contribution is -2.19. The number of imidazole rings is 1. The number of para-hydroxylation sites is 1. The number of hydrogen-bond acceptors (Lipinski definition) is 3. The summed E-state index contributed by atoms with van der Waals surface area (Å²) in [6, 6.07) is 16.8. The van der Waals surface area contributed by atoms with Gasteiger partial charge in [-0.2, -0.15) is 0 Å². The zero-order valence-corrected chi connectivity index (χ0v) is 13.6. The number of ether oxygens (including phenoxy) is 1. The Hall–Kier alpha value is -2.59. The topological polar surface area (TPSA) is 41.1 Å². The number of H-pyrrole nitrogens is 1. The number of fused-ring (bicyclic) bond motifs is 1. The van der Waals surface area contributed by atoms with E-state index in [1.807, 2.05) is 24.4 Å². The highest BCUT2D eigenvalue weighted by Crippen LogP contribution is 2.28. The van der Waals surface area contributed by atoms with E-state index in [-0.39, 0.29) is 0 Å². The van der Waals surface area contributed by atoms with Crippen molar-refractivity contribution in [3.63, 3.8) is 0 Å². The first-order valence-corrected chi connectivity index (χ1v) is 8.40. The summed E-state index contributed by atoms with van der Waals surface area (Å²) in [5, 5.41) is 0. The Bertz CT molecular complexity index is 773. The van der Waals surface area contributed by atoms with E-state index in [4.69, 9.17) is 4.74 Å². The van der Waals surface area contributed by atoms with Gasteiger partial charge >= 0.3 is 0 Å². The van der Waals surface area contributed by atoms with Crippen molar-refractivity contribution in [2.45, 2.75) is 19.5 Å². The average Bonchev–Trinajstić information content (AvgIpc) is 3.28. The number of rotatable bonds is 6. The van der Waals surface area contributed by atoms with E-state index < -0.39 is 0 Å². The lowest BCUT2D eigenvalue weighted by atomic mass is 10.1. The highest BCUT2D eigenvalue weighted by atomic mass is 16.5. The van der Waals surface area contributed by atoms with Gasteiger partial charge in [0.25, 0.3) is 0 Å². The Morgan fingerprint density at radius 2 is 1.75 bits per heavy atom. The van der Waals surface area contributed by atoms with Crippen molar-refractivity contribution < 1.29 is 4.74 Å². The minimum absolute atomic E-state index is 0.720. The first kappa shape index (κ1) is 15.0. The van der Waals surface area contributed by atoms with Gasteiger partial charge in [0.2, 0.25) is 0 Å². The maximum absolute atomic E-state index is 6.02. The van der Waals surface area contributed by atoms with Crippen LogP contribution in [-0.4, -0.2) is 28.0 Å². The molecule has 3 aromatic rings. The van der Waals surface area contributed by atoms with Crippen molar-refractivity contribution >= 4 is 0 Å². The van der Waals surface area contributed by atoms with Gasteiger partial charge in [0.15, 0.2) is 0 Å². The predicted molar refractivity (Wildman–Crippen MR) is 94.7 cm³/mol. The minimum Gasteiger partial charge on any atom is -0.493 e. The second-order valence-electron chi connectivity index (χ2n) is 6.14. The van der Waals surface area contributed by atoms with Crippen LogP contribution in [0.15, 0.2) is 61.1 Å². The maximum atomic E-state index is 6.02. The third kappa shape index (κ3) is 3.19. The van der Waals surface area contributed by atoms with Crippen LogP contribution in [0.1, 0.15) is 17.5 Å². The van der Waals surface area contributed by atoms with E-state index in [9.17, 15) is 0 Å². The molecule has 0 amide bonds. The van der Waals surface area contributed by atoms with Gasteiger partial charge < -0.3 is 9.72 Å². The fourth-order valence-electron chi connectivity index (χ4n) is 3.25. The van der Waals surface area contributed by atoms with Crippen molar-refractivity contribution in [3.05, 3.63) is 72.2 Å². The molecular formula is C20H21N3O. The third-order valence-electron chi connectivity index (χ3n) is 4.46. The Labute approximate surface area is 142 Å². The van der Waals surface area contributed by atoms with Gasteiger partial charge in [0, 0.05) is 25.2 Å². The van der Waals surface area contributed by atoms with Gasteiger partial charge in [-0.15, -0.1) is 0 Å². The van der Waals surface area contributed by atoms with Gasteiger partial charge in [-0.25, -0.2) is 4.98 Å². The molecule has 4 heteroatoms. The van der Waals surface area contributed by atoms with E-state index >= 15 is 0 Å². The Morgan fingerprint density at radius 3 is 2.50 bits per heavy atom. The molecule has 1 N–H and O–H groups in total. The zero-order chi connectivity index (χ0) is 16.2. The fourth-order valence-corrected chi connectivity index (χ4v) is 3.25. The van der Waals surface area contributed by atoms with Crippen LogP contribution in [0.4, 0.5) is 0 Å². The van der Waals surface area contributed by atoms with E-state index in [0.29, 0.717) is 0 Å². The summed E-state index contributed by atoms with van der Waals surface area (Å²) in [4.78, 5) is 9.71. The second-order valence-corrected chi connectivity index (χ2v) is 6.14. The van der Waals surface area contributed by atoms with Crippen molar-refractivity contribution in [2.24, 2.45) is 0 Å². The molecule has 0 atom stereocenters. The van der Waals surface area contributed by atoms with Gasteiger partial charge in [-0.05, 0) is 29.7 Å². The average molecular weight is 319 g/mol. The van der Waals surface area contributed by atoms with Crippen LogP contribution in [0, 0.1) is 0 Å². The molecule has 122 valence electrons. The molecule has 4 rings (SSSR count). The van der Waals surface area contributed by atoms with E-state index in [1.54, 1.807) is 6.33 Å². The normalized spacial score (nSPS) is 13.8. The summed E-state index contributed by atoms with van der Waals surface area (Å²) in [5.41, 5.74) is 4.97. The largest absolute Gasteiger partial charge is 0.493 e. The molecule has 1 aliphatic heterocycles. The molecule has 0 radical (unpaired) electrons. The van der Waals surface area contributed by atoms with E-state index in [2.05, 4.69) is 45.2 Å². The summed E-state index contributed by atoms with van der Waals surface area (Å²) >= 11 is 0. The number of nitrogens with zero attached hydrogens (tertiary/aromatic N) is 2. The first-order chi connectivity index (χ1) is 11.9. The smallest absolute Gasteiger partial charge is 0.128 e. The van der Waals surface area contributed by atoms with Crippen molar-refractivity contribution in [2.75, 3.05) is 13.2 Å². The Kier molecular flexibility index (Phi) is 4.30. The number of aromatic amines is 1. The molecule has 0 unspecified atom stereocenters. The van der Waals surface area contributed by atoms with Gasteiger partial charge in [0.05, 0.1) is 24.8 Å². The van der Waals surface area contributed by atoms with Crippen LogP contribution in [0.3, 0.4) is 0 Å². The molecule has 0 saturated carbocycles. The van der Waals surface area contributed by atoms with Crippen LogP contribution in [0.2, 0.25) is 0 Å². The number of nitrogens with one attached hydrogen (secondary N) is 1. The minimum atomic E-state index is 0.720. The molecule has 1 aromatic heterocycles. The van der Waals surface area contributed by atoms with Crippen LogP contribution in [-0.2, 0) is 13.1 Å². The standard InChI is InChI=1S/C20H21N3O/c1-2-7-17-14-23(13-16(17)6-1)10-5-11-24-20-9-4-3-8-18(20)19-12-21-15-22-19/h1-4,6-9,12,15H,5,10-11,13-14H2,(H,21,22). The molecule has 2 heterocycles. The molecule has 0 saturated heterocycles. The quantitative estimate of drug-likeness (QED) is 0.701. The van der Waals surface area contributed by atoms with Crippen molar-refractivity contribution in [1.82, 2.24) is 14.9 Å². The van der Waals surface area contributed by atoms with Crippen LogP contribution in [0.25, 0.3) is 11.3 Å². The number of hydrogen-bond donors (Lipinski definition) is 1. The number of aromatic nitrogens is 2.